The van der Waals surface area contributed by atoms with Crippen LogP contribution in [0.4, 0.5) is 0 Å². The molecule has 0 unspecified atom stereocenters. The van der Waals surface area contributed by atoms with Crippen LogP contribution in [0.25, 0.3) is 0 Å². The van der Waals surface area contributed by atoms with Gasteiger partial charge in [0.2, 0.25) is 17.7 Å². The predicted molar refractivity (Wildman–Crippen MR) is 90.3 cm³/mol. The first kappa shape index (κ1) is 22.8. The van der Waals surface area contributed by atoms with Gasteiger partial charge in [-0.3, -0.25) is 14.4 Å². The van der Waals surface area contributed by atoms with Crippen molar-refractivity contribution in [1.82, 2.24) is 16.0 Å². The van der Waals surface area contributed by atoms with Crippen molar-refractivity contribution >= 4 is 23.7 Å². The molecule has 0 heterocycles. The summed E-state index contributed by atoms with van der Waals surface area (Å²) in [7, 11) is 0. The standard InChI is InChI=1S/C16H29N3O6/c1-6-25-16(24)10(4)17-14(22)12(7-9(2)3)19-15(23)13(8-20)18-11(5)21/h9-10,12-13,20H,6-8H2,1-5H3,(H,17,22)(H,18,21)(H,19,23)/t10-,12-,13-/m0/s1. The zero-order valence-corrected chi connectivity index (χ0v) is 15.4. The van der Waals surface area contributed by atoms with E-state index in [1.54, 1.807) is 6.92 Å². The van der Waals surface area contributed by atoms with E-state index in [1.165, 1.54) is 13.8 Å². The summed E-state index contributed by atoms with van der Waals surface area (Å²) in [6, 6.07) is -2.92. The molecule has 0 aromatic heterocycles. The van der Waals surface area contributed by atoms with Gasteiger partial charge in [-0.25, -0.2) is 4.79 Å². The maximum Gasteiger partial charge on any atom is 0.328 e. The molecule has 3 amide bonds. The molecule has 0 fully saturated rings. The van der Waals surface area contributed by atoms with Crippen molar-refractivity contribution in [2.75, 3.05) is 13.2 Å². The zero-order valence-electron chi connectivity index (χ0n) is 15.4. The van der Waals surface area contributed by atoms with Gasteiger partial charge in [-0.2, -0.15) is 0 Å². The second kappa shape index (κ2) is 11.4. The fourth-order valence-corrected chi connectivity index (χ4v) is 2.05. The number of carbonyl (C=O) groups excluding carboxylic acids is 4. The smallest absolute Gasteiger partial charge is 0.328 e. The summed E-state index contributed by atoms with van der Waals surface area (Å²) in [5.41, 5.74) is 0. The largest absolute Gasteiger partial charge is 0.464 e. The molecule has 25 heavy (non-hydrogen) atoms. The van der Waals surface area contributed by atoms with Gasteiger partial charge in [-0.1, -0.05) is 13.8 Å². The van der Waals surface area contributed by atoms with Gasteiger partial charge in [0, 0.05) is 6.92 Å². The third kappa shape index (κ3) is 9.04. The average molecular weight is 359 g/mol. The lowest BCUT2D eigenvalue weighted by molar-refractivity contribution is -0.147. The lowest BCUT2D eigenvalue weighted by Gasteiger charge is -2.24. The number of hydrogen-bond donors (Lipinski definition) is 4. The van der Waals surface area contributed by atoms with Crippen LogP contribution in [0.15, 0.2) is 0 Å². The average Bonchev–Trinajstić information content (AvgIpc) is 2.51. The van der Waals surface area contributed by atoms with E-state index in [4.69, 9.17) is 4.74 Å². The number of hydrogen-bond acceptors (Lipinski definition) is 6. The van der Waals surface area contributed by atoms with Crippen LogP contribution in [-0.4, -0.2) is 60.1 Å². The molecule has 3 atom stereocenters. The van der Waals surface area contributed by atoms with Crippen molar-refractivity contribution in [2.45, 2.75) is 59.2 Å². The lowest BCUT2D eigenvalue weighted by Crippen LogP contribution is -2.56. The molecule has 0 bridgehead atoms. The van der Waals surface area contributed by atoms with Crippen LogP contribution in [-0.2, 0) is 23.9 Å². The molecule has 9 heteroatoms. The minimum absolute atomic E-state index is 0.0855. The minimum Gasteiger partial charge on any atom is -0.464 e. The van der Waals surface area contributed by atoms with Gasteiger partial charge in [0.15, 0.2) is 0 Å². The molecule has 0 aliphatic carbocycles. The first-order chi connectivity index (χ1) is 11.6. The second-order valence-corrected chi connectivity index (χ2v) is 6.11. The lowest BCUT2D eigenvalue weighted by atomic mass is 10.0. The van der Waals surface area contributed by atoms with Crippen LogP contribution >= 0.6 is 0 Å². The second-order valence-electron chi connectivity index (χ2n) is 6.11. The number of rotatable bonds is 10. The molecule has 4 N–H and O–H groups in total. The SMILES string of the molecule is CCOC(=O)[C@H](C)NC(=O)[C@H](CC(C)C)NC(=O)[C@H](CO)NC(C)=O. The molecular weight excluding hydrogens is 330 g/mol. The van der Waals surface area contributed by atoms with Gasteiger partial charge in [0.1, 0.15) is 18.1 Å². The molecule has 0 aliphatic rings. The maximum atomic E-state index is 12.4. The third-order valence-corrected chi connectivity index (χ3v) is 3.22. The molecule has 144 valence electrons. The van der Waals surface area contributed by atoms with Gasteiger partial charge < -0.3 is 25.8 Å². The fraction of sp³-hybridized carbons (Fsp3) is 0.750. The zero-order chi connectivity index (χ0) is 19.6. The highest BCUT2D eigenvalue weighted by Crippen LogP contribution is 2.06. The van der Waals surface area contributed by atoms with Crippen LogP contribution in [0.3, 0.4) is 0 Å². The Morgan fingerprint density at radius 1 is 0.960 bits per heavy atom. The first-order valence-electron chi connectivity index (χ1n) is 8.27. The molecule has 0 saturated carbocycles. The van der Waals surface area contributed by atoms with E-state index in [2.05, 4.69) is 16.0 Å². The maximum absolute atomic E-state index is 12.4. The Morgan fingerprint density at radius 2 is 1.52 bits per heavy atom. The van der Waals surface area contributed by atoms with Crippen LogP contribution in [0.5, 0.6) is 0 Å². The molecule has 0 spiro atoms. The van der Waals surface area contributed by atoms with E-state index in [1.807, 2.05) is 13.8 Å². The van der Waals surface area contributed by atoms with Crippen molar-refractivity contribution in [2.24, 2.45) is 5.92 Å². The summed E-state index contributed by atoms with van der Waals surface area (Å²) in [6.07, 6.45) is 0.325. The number of amides is 3. The highest BCUT2D eigenvalue weighted by molar-refractivity contribution is 5.93. The number of esters is 1. The number of aliphatic hydroxyl groups excluding tert-OH is 1. The van der Waals surface area contributed by atoms with Crippen LogP contribution < -0.4 is 16.0 Å². The molecule has 0 aromatic carbocycles. The minimum atomic E-state index is -1.15. The number of ether oxygens (including phenoxy) is 1. The predicted octanol–water partition coefficient (Wildman–Crippen LogP) is -0.918. The van der Waals surface area contributed by atoms with Gasteiger partial charge in [0.05, 0.1) is 13.2 Å². The van der Waals surface area contributed by atoms with Gasteiger partial charge in [-0.15, -0.1) is 0 Å². The summed E-state index contributed by atoms with van der Waals surface area (Å²) in [5.74, 6) is -2.18. The van der Waals surface area contributed by atoms with Crippen molar-refractivity contribution in [3.05, 3.63) is 0 Å². The molecule has 0 saturated heterocycles. The van der Waals surface area contributed by atoms with Crippen molar-refractivity contribution < 1.29 is 29.0 Å². The highest BCUT2D eigenvalue weighted by atomic mass is 16.5. The van der Waals surface area contributed by atoms with Gasteiger partial charge in [0.25, 0.3) is 0 Å². The molecule has 9 nitrogen and oxygen atoms in total. The van der Waals surface area contributed by atoms with Gasteiger partial charge >= 0.3 is 5.97 Å². The molecule has 0 aliphatic heterocycles. The quantitative estimate of drug-likeness (QED) is 0.373. The topological polar surface area (TPSA) is 134 Å². The van der Waals surface area contributed by atoms with Crippen molar-refractivity contribution in [3.63, 3.8) is 0 Å². The van der Waals surface area contributed by atoms with E-state index in [0.29, 0.717) is 6.42 Å². The Hall–Kier alpha value is -2.16. The van der Waals surface area contributed by atoms with Crippen LogP contribution in [0.1, 0.15) is 41.0 Å². The Balaban J connectivity index is 4.98. The summed E-state index contributed by atoms with van der Waals surface area (Å²) < 4.78 is 4.82. The van der Waals surface area contributed by atoms with Gasteiger partial charge in [-0.05, 0) is 26.2 Å². The van der Waals surface area contributed by atoms with E-state index >= 15 is 0 Å². The molecule has 0 rings (SSSR count). The highest BCUT2D eigenvalue weighted by Gasteiger charge is 2.28. The summed E-state index contributed by atoms with van der Waals surface area (Å²) in [6.45, 7) is 7.70. The van der Waals surface area contributed by atoms with Crippen molar-refractivity contribution in [3.8, 4) is 0 Å². The summed E-state index contributed by atoms with van der Waals surface area (Å²) in [5, 5.41) is 16.5. The monoisotopic (exact) mass is 359 g/mol. The number of nitrogens with one attached hydrogen (secondary N) is 3. The Bertz CT molecular complexity index is 480. The Morgan fingerprint density at radius 3 is 1.96 bits per heavy atom. The van der Waals surface area contributed by atoms with E-state index < -0.39 is 48.4 Å². The molecule has 0 radical (unpaired) electrons. The Kier molecular flexibility index (Phi) is 10.4. The van der Waals surface area contributed by atoms with Crippen LogP contribution in [0.2, 0.25) is 0 Å². The van der Waals surface area contributed by atoms with E-state index in [9.17, 15) is 24.3 Å². The third-order valence-electron chi connectivity index (χ3n) is 3.22. The number of aliphatic hydroxyl groups is 1. The molecular formula is C16H29N3O6. The first-order valence-corrected chi connectivity index (χ1v) is 8.27. The van der Waals surface area contributed by atoms with E-state index in [-0.39, 0.29) is 12.5 Å². The van der Waals surface area contributed by atoms with Crippen molar-refractivity contribution in [1.29, 1.82) is 0 Å². The summed E-state index contributed by atoms with van der Waals surface area (Å²) >= 11 is 0. The molecule has 0 aromatic rings. The fourth-order valence-electron chi connectivity index (χ4n) is 2.05. The normalized spacial score (nSPS) is 14.2. The van der Waals surface area contributed by atoms with Crippen LogP contribution in [0, 0.1) is 5.92 Å². The summed E-state index contributed by atoms with van der Waals surface area (Å²) in [4.78, 5) is 47.2. The number of carbonyl (C=O) groups is 4. The van der Waals surface area contributed by atoms with E-state index in [0.717, 1.165) is 0 Å². The Labute approximate surface area is 147 Å².